The fraction of sp³-hybridized carbons (Fsp3) is 0.250. The molecule has 1 heterocycles. The fourth-order valence-corrected chi connectivity index (χ4v) is 7.09. The highest BCUT2D eigenvalue weighted by Gasteiger charge is 2.25. The van der Waals surface area contributed by atoms with Crippen LogP contribution in [0.2, 0.25) is 0 Å². The quantitative estimate of drug-likeness (QED) is 0.178. The zero-order valence-corrected chi connectivity index (χ0v) is 22.0. The second-order valence-electron chi connectivity index (χ2n) is 8.42. The van der Waals surface area contributed by atoms with Crippen molar-refractivity contribution in [2.45, 2.75) is 47.3 Å². The number of thioether (sulfide) groups is 1. The third kappa shape index (κ3) is 5.99. The number of ether oxygens (including phenoxy) is 1. The summed E-state index contributed by atoms with van der Waals surface area (Å²) in [5.74, 6) is 0. The summed E-state index contributed by atoms with van der Waals surface area (Å²) in [7, 11) is -3.82. The van der Waals surface area contributed by atoms with Gasteiger partial charge >= 0.3 is 6.09 Å². The Labute approximate surface area is 208 Å². The van der Waals surface area contributed by atoms with Crippen LogP contribution in [0, 0.1) is 6.92 Å². The SMILES string of the molecule is CSc1sc(N=CNC(=O)OC(C)(C)C)cc1S(=O)(=O)c1cccc(-c2c(C)cccc2N)c1. The Bertz CT molecular complexity index is 1320. The standard InChI is InChI=1S/C24H27N3O4S3/c1-15-8-6-11-18(25)21(15)16-9-7-10-17(12-16)34(29,30)19-13-20(33-22(19)32-5)26-14-27-23(28)31-24(2,3)4/h6-14H,25H2,1-5H3,(H,26,27,28). The molecule has 0 unspecified atom stereocenters. The van der Waals surface area contributed by atoms with Crippen LogP contribution in [0.25, 0.3) is 11.1 Å². The summed E-state index contributed by atoms with van der Waals surface area (Å²) < 4.78 is 32.8. The minimum Gasteiger partial charge on any atom is -0.444 e. The lowest BCUT2D eigenvalue weighted by Crippen LogP contribution is -2.31. The first-order valence-corrected chi connectivity index (χ1v) is 13.9. The van der Waals surface area contributed by atoms with Gasteiger partial charge < -0.3 is 10.5 Å². The molecule has 0 spiro atoms. The number of nitrogen functional groups attached to an aromatic ring is 1. The number of thiophene rings is 1. The van der Waals surface area contributed by atoms with Gasteiger partial charge in [-0.25, -0.2) is 18.2 Å². The van der Waals surface area contributed by atoms with Crippen LogP contribution < -0.4 is 11.1 Å². The second-order valence-corrected chi connectivity index (χ2v) is 12.4. The van der Waals surface area contributed by atoms with Gasteiger partial charge in [-0.05, 0) is 69.3 Å². The molecule has 0 atom stereocenters. The van der Waals surface area contributed by atoms with E-state index in [1.54, 1.807) is 45.0 Å². The van der Waals surface area contributed by atoms with Gasteiger partial charge in [-0.3, -0.25) is 5.32 Å². The summed E-state index contributed by atoms with van der Waals surface area (Å²) in [6.07, 6.45) is 2.36. The largest absolute Gasteiger partial charge is 0.444 e. The van der Waals surface area contributed by atoms with Gasteiger partial charge in [-0.2, -0.15) is 0 Å². The molecule has 3 N–H and O–H groups in total. The topological polar surface area (TPSA) is 111 Å². The van der Waals surface area contributed by atoms with Gasteiger partial charge in [0.1, 0.15) is 10.6 Å². The number of aliphatic imine (C=N–C) groups is 1. The van der Waals surface area contributed by atoms with Crippen molar-refractivity contribution in [2.24, 2.45) is 4.99 Å². The highest BCUT2D eigenvalue weighted by molar-refractivity contribution is 8.01. The number of sulfone groups is 1. The Hall–Kier alpha value is -2.82. The maximum atomic E-state index is 13.5. The number of nitrogens with one attached hydrogen (secondary N) is 1. The molecule has 2 aromatic carbocycles. The molecule has 180 valence electrons. The number of benzene rings is 2. The maximum absolute atomic E-state index is 13.5. The van der Waals surface area contributed by atoms with Gasteiger partial charge in [0.25, 0.3) is 0 Å². The first-order chi connectivity index (χ1) is 15.9. The molecule has 10 heteroatoms. The van der Waals surface area contributed by atoms with Crippen molar-refractivity contribution in [1.29, 1.82) is 0 Å². The second kappa shape index (κ2) is 10.2. The van der Waals surface area contributed by atoms with E-state index in [0.29, 0.717) is 14.9 Å². The number of carbonyl (C=O) groups excluding carboxylic acids is 1. The number of carbonyl (C=O) groups is 1. The number of anilines is 1. The van der Waals surface area contributed by atoms with E-state index in [1.165, 1.54) is 35.5 Å². The molecular weight excluding hydrogens is 490 g/mol. The van der Waals surface area contributed by atoms with Crippen LogP contribution in [0.3, 0.4) is 0 Å². The predicted octanol–water partition coefficient (Wildman–Crippen LogP) is 6.04. The van der Waals surface area contributed by atoms with Crippen LogP contribution in [0.15, 0.2) is 67.5 Å². The lowest BCUT2D eigenvalue weighted by atomic mass is 9.99. The average Bonchev–Trinajstić information content (AvgIpc) is 3.17. The molecule has 0 saturated heterocycles. The van der Waals surface area contributed by atoms with E-state index in [-0.39, 0.29) is 9.79 Å². The van der Waals surface area contributed by atoms with E-state index in [2.05, 4.69) is 10.3 Å². The lowest BCUT2D eigenvalue weighted by molar-refractivity contribution is 0.0565. The highest BCUT2D eigenvalue weighted by Crippen LogP contribution is 2.41. The Kier molecular flexibility index (Phi) is 7.74. The summed E-state index contributed by atoms with van der Waals surface area (Å²) in [5.41, 5.74) is 8.63. The van der Waals surface area contributed by atoms with Crippen molar-refractivity contribution in [3.05, 3.63) is 54.1 Å². The lowest BCUT2D eigenvalue weighted by Gasteiger charge is -2.18. The summed E-state index contributed by atoms with van der Waals surface area (Å²) in [5, 5.41) is 2.87. The number of hydrogen-bond donors (Lipinski definition) is 2. The van der Waals surface area contributed by atoms with E-state index in [4.69, 9.17) is 10.5 Å². The summed E-state index contributed by atoms with van der Waals surface area (Å²) in [4.78, 5) is 16.3. The van der Waals surface area contributed by atoms with Gasteiger partial charge in [-0.15, -0.1) is 23.1 Å². The van der Waals surface area contributed by atoms with Gasteiger partial charge in [0.15, 0.2) is 0 Å². The molecule has 3 rings (SSSR count). The average molecular weight is 518 g/mol. The molecule has 0 aliphatic heterocycles. The number of rotatable bonds is 6. The zero-order chi connectivity index (χ0) is 25.1. The molecule has 0 aliphatic carbocycles. The summed E-state index contributed by atoms with van der Waals surface area (Å²) in [6.45, 7) is 7.21. The number of amides is 1. The minimum absolute atomic E-state index is 0.170. The molecule has 7 nitrogen and oxygen atoms in total. The Morgan fingerprint density at radius 1 is 1.18 bits per heavy atom. The Morgan fingerprint density at radius 2 is 1.88 bits per heavy atom. The van der Waals surface area contributed by atoms with Crippen LogP contribution in [-0.2, 0) is 14.6 Å². The third-order valence-corrected chi connectivity index (χ3v) is 8.85. The van der Waals surface area contributed by atoms with Crippen molar-refractivity contribution in [2.75, 3.05) is 12.0 Å². The normalized spacial score (nSPS) is 12.1. The number of nitrogens with zero attached hydrogens (tertiary/aromatic N) is 1. The van der Waals surface area contributed by atoms with Crippen LogP contribution >= 0.6 is 23.1 Å². The van der Waals surface area contributed by atoms with Crippen molar-refractivity contribution >= 4 is 56.1 Å². The van der Waals surface area contributed by atoms with Gasteiger partial charge in [0.05, 0.1) is 20.3 Å². The van der Waals surface area contributed by atoms with E-state index >= 15 is 0 Å². The predicted molar refractivity (Wildman–Crippen MR) is 140 cm³/mol. The molecule has 1 aromatic heterocycles. The highest BCUT2D eigenvalue weighted by atomic mass is 32.2. The Balaban J connectivity index is 1.92. The van der Waals surface area contributed by atoms with Crippen LogP contribution in [0.1, 0.15) is 26.3 Å². The molecule has 3 aromatic rings. The molecule has 34 heavy (non-hydrogen) atoms. The molecular formula is C24H27N3O4S3. The van der Waals surface area contributed by atoms with E-state index < -0.39 is 21.5 Å². The van der Waals surface area contributed by atoms with E-state index in [0.717, 1.165) is 16.7 Å². The van der Waals surface area contributed by atoms with E-state index in [1.807, 2.05) is 31.4 Å². The monoisotopic (exact) mass is 517 g/mol. The smallest absolute Gasteiger partial charge is 0.412 e. The van der Waals surface area contributed by atoms with Crippen molar-refractivity contribution in [3.8, 4) is 11.1 Å². The zero-order valence-electron chi connectivity index (χ0n) is 19.6. The summed E-state index contributed by atoms with van der Waals surface area (Å²) in [6, 6.07) is 13.9. The van der Waals surface area contributed by atoms with Gasteiger partial charge in [0.2, 0.25) is 9.84 Å². The molecule has 0 aliphatic rings. The maximum Gasteiger partial charge on any atom is 0.412 e. The number of hydrogen-bond acceptors (Lipinski definition) is 8. The van der Waals surface area contributed by atoms with Crippen molar-refractivity contribution in [3.63, 3.8) is 0 Å². The summed E-state index contributed by atoms with van der Waals surface area (Å²) >= 11 is 2.55. The fourth-order valence-electron chi connectivity index (χ4n) is 3.23. The van der Waals surface area contributed by atoms with Crippen molar-refractivity contribution in [1.82, 2.24) is 5.32 Å². The van der Waals surface area contributed by atoms with Crippen LogP contribution in [0.4, 0.5) is 15.5 Å². The third-order valence-electron chi connectivity index (χ3n) is 4.64. The first-order valence-electron chi connectivity index (χ1n) is 10.3. The number of nitrogens with two attached hydrogens (primary N) is 1. The number of aryl methyl sites for hydroxylation is 1. The minimum atomic E-state index is -3.82. The van der Waals surface area contributed by atoms with Crippen LogP contribution in [0.5, 0.6) is 0 Å². The molecule has 0 bridgehead atoms. The molecule has 1 amide bonds. The van der Waals surface area contributed by atoms with Crippen molar-refractivity contribution < 1.29 is 17.9 Å². The number of alkyl carbamates (subject to hydrolysis) is 1. The van der Waals surface area contributed by atoms with Gasteiger partial charge in [-0.1, -0.05) is 24.3 Å². The molecule has 0 saturated carbocycles. The molecule has 0 radical (unpaired) electrons. The first kappa shape index (κ1) is 25.8. The Morgan fingerprint density at radius 3 is 2.53 bits per heavy atom. The van der Waals surface area contributed by atoms with Crippen LogP contribution in [-0.4, -0.2) is 32.7 Å². The molecule has 0 fully saturated rings. The van der Waals surface area contributed by atoms with Gasteiger partial charge in [0, 0.05) is 11.3 Å². The van der Waals surface area contributed by atoms with E-state index in [9.17, 15) is 13.2 Å².